The second-order valence-electron chi connectivity index (χ2n) is 9.18. The summed E-state index contributed by atoms with van der Waals surface area (Å²) >= 11 is 0. The van der Waals surface area contributed by atoms with E-state index in [9.17, 15) is 19.1 Å². The highest BCUT2D eigenvalue weighted by atomic mass is 19.1. The van der Waals surface area contributed by atoms with Crippen molar-refractivity contribution >= 4 is 11.8 Å². The summed E-state index contributed by atoms with van der Waals surface area (Å²) in [6, 6.07) is 6.46. The van der Waals surface area contributed by atoms with Gasteiger partial charge in [-0.3, -0.25) is 14.5 Å². The quantitative estimate of drug-likeness (QED) is 0.435. The zero-order valence-electron chi connectivity index (χ0n) is 19.1. The number of aliphatic hydroxyl groups is 1. The minimum absolute atomic E-state index is 0.0777. The first-order valence-electron chi connectivity index (χ1n) is 11.9. The van der Waals surface area contributed by atoms with Crippen LogP contribution in [0.2, 0.25) is 0 Å². The molecule has 2 amide bonds. The van der Waals surface area contributed by atoms with Gasteiger partial charge < -0.3 is 21.1 Å². The Balaban J connectivity index is 1.27. The minimum atomic E-state index is -1.01. The number of alkyl halides is 1. The first-order chi connectivity index (χ1) is 16.5. The van der Waals surface area contributed by atoms with Crippen LogP contribution in [0.5, 0.6) is 0 Å². The van der Waals surface area contributed by atoms with Crippen molar-refractivity contribution in [3.8, 4) is 23.7 Å². The van der Waals surface area contributed by atoms with Gasteiger partial charge in [-0.25, -0.2) is 4.39 Å². The van der Waals surface area contributed by atoms with Crippen molar-refractivity contribution in [3.63, 3.8) is 0 Å². The number of halogens is 1. The van der Waals surface area contributed by atoms with Crippen LogP contribution in [0.3, 0.4) is 0 Å². The molecule has 2 heterocycles. The molecule has 3 fully saturated rings. The first kappa shape index (κ1) is 24.2. The monoisotopic (exact) mass is 466 g/mol. The van der Waals surface area contributed by atoms with Crippen molar-refractivity contribution in [1.29, 1.82) is 0 Å². The number of carbonyl (C=O) groups is 2. The van der Waals surface area contributed by atoms with Crippen LogP contribution >= 0.6 is 0 Å². The van der Waals surface area contributed by atoms with Crippen LogP contribution in [0.4, 0.5) is 4.39 Å². The van der Waals surface area contributed by atoms with Crippen molar-refractivity contribution in [3.05, 3.63) is 35.4 Å². The van der Waals surface area contributed by atoms with Crippen LogP contribution in [0.25, 0.3) is 0 Å². The topological polar surface area (TPSA) is 93.7 Å². The largest absolute Gasteiger partial charge is 0.395 e. The first-order valence-corrected chi connectivity index (χ1v) is 11.9. The highest BCUT2D eigenvalue weighted by Gasteiger charge is 2.38. The lowest BCUT2D eigenvalue weighted by atomic mass is 10.1. The molecule has 7 nitrogen and oxygen atoms in total. The molecule has 0 bridgehead atoms. The number of β-amino-alcohol motifs (C(OH)–C–C–N with tert-alkyl or cyclic N) is 1. The van der Waals surface area contributed by atoms with E-state index in [1.165, 1.54) is 12.8 Å². The van der Waals surface area contributed by atoms with Gasteiger partial charge >= 0.3 is 0 Å². The normalized spacial score (nSPS) is 26.2. The van der Waals surface area contributed by atoms with E-state index in [0.717, 1.165) is 11.1 Å². The predicted octanol–water partition coefficient (Wildman–Crippen LogP) is 0.319. The number of carbonyl (C=O) groups excluding carboxylic acids is 2. The maximum absolute atomic E-state index is 13.4. The van der Waals surface area contributed by atoms with E-state index in [0.29, 0.717) is 32.0 Å². The summed E-state index contributed by atoms with van der Waals surface area (Å²) in [4.78, 5) is 27.2. The number of nitrogens with one attached hydrogen (secondary N) is 3. The van der Waals surface area contributed by atoms with Crippen LogP contribution in [-0.2, 0) is 16.1 Å². The molecule has 0 aromatic heterocycles. The van der Waals surface area contributed by atoms with Gasteiger partial charge in [-0.05, 0) is 48.8 Å². The summed E-state index contributed by atoms with van der Waals surface area (Å²) < 4.78 is 13.4. The lowest BCUT2D eigenvalue weighted by molar-refractivity contribution is -0.126. The lowest BCUT2D eigenvalue weighted by Gasteiger charge is -2.22. The molecule has 4 rings (SSSR count). The van der Waals surface area contributed by atoms with Crippen molar-refractivity contribution < 1.29 is 19.1 Å². The fraction of sp³-hybridized carbons (Fsp3) is 0.538. The molecule has 34 heavy (non-hydrogen) atoms. The highest BCUT2D eigenvalue weighted by Crippen LogP contribution is 2.27. The lowest BCUT2D eigenvalue weighted by Crippen LogP contribution is -2.46. The summed E-state index contributed by atoms with van der Waals surface area (Å²) in [5, 5.41) is 18.2. The molecule has 180 valence electrons. The molecule has 0 unspecified atom stereocenters. The van der Waals surface area contributed by atoms with Gasteiger partial charge in [0, 0.05) is 50.1 Å². The number of amides is 2. The van der Waals surface area contributed by atoms with Crippen LogP contribution in [0, 0.1) is 29.6 Å². The van der Waals surface area contributed by atoms with Crippen LogP contribution < -0.4 is 16.0 Å². The predicted molar refractivity (Wildman–Crippen MR) is 126 cm³/mol. The zero-order chi connectivity index (χ0) is 23.9. The number of nitrogens with zero attached hydrogens (tertiary/aromatic N) is 1. The van der Waals surface area contributed by atoms with E-state index < -0.39 is 18.3 Å². The average molecular weight is 467 g/mol. The van der Waals surface area contributed by atoms with Crippen molar-refractivity contribution in [2.24, 2.45) is 5.92 Å². The summed E-state index contributed by atoms with van der Waals surface area (Å²) in [6.07, 6.45) is 1.97. The van der Waals surface area contributed by atoms with E-state index in [4.69, 9.17) is 0 Å². The number of rotatable bonds is 7. The molecule has 2 saturated heterocycles. The van der Waals surface area contributed by atoms with Crippen molar-refractivity contribution in [1.82, 2.24) is 20.9 Å². The fourth-order valence-electron chi connectivity index (χ4n) is 4.33. The molecule has 1 aromatic rings. The Bertz CT molecular complexity index is 1000. The molecular weight excluding hydrogens is 435 g/mol. The maximum Gasteiger partial charge on any atom is 0.237 e. The summed E-state index contributed by atoms with van der Waals surface area (Å²) in [5.41, 5.74) is 1.83. The Morgan fingerprint density at radius 1 is 1.15 bits per heavy atom. The molecule has 2 aliphatic heterocycles. The third kappa shape index (κ3) is 6.80. The number of aliphatic hydroxyl groups excluding tert-OH is 1. The third-order valence-corrected chi connectivity index (χ3v) is 6.38. The Kier molecular flexibility index (Phi) is 8.18. The van der Waals surface area contributed by atoms with Gasteiger partial charge in [-0.1, -0.05) is 24.0 Å². The SMILES string of the molecule is O=C(N[C@@H]1C[C@H](C(=O)NCc2ccc(C#CC#CC3CC3)cc2)N(CCO)C1)[C@@H]1C[C@H](F)CN1. The van der Waals surface area contributed by atoms with E-state index in [2.05, 4.69) is 39.6 Å². The van der Waals surface area contributed by atoms with Gasteiger partial charge in [0.15, 0.2) is 0 Å². The highest BCUT2D eigenvalue weighted by molar-refractivity contribution is 5.84. The smallest absolute Gasteiger partial charge is 0.237 e. The number of hydrogen-bond acceptors (Lipinski definition) is 5. The molecule has 8 heteroatoms. The molecule has 0 radical (unpaired) electrons. The maximum atomic E-state index is 13.4. The van der Waals surface area contributed by atoms with Gasteiger partial charge in [0.25, 0.3) is 0 Å². The summed E-state index contributed by atoms with van der Waals surface area (Å²) in [5.74, 6) is 12.1. The molecule has 1 aliphatic carbocycles. The Morgan fingerprint density at radius 2 is 1.94 bits per heavy atom. The Hall–Kier alpha value is -2.91. The minimum Gasteiger partial charge on any atom is -0.395 e. The van der Waals surface area contributed by atoms with Crippen LogP contribution in [0.15, 0.2) is 24.3 Å². The standard InChI is InChI=1S/C26H31FN4O3/c27-21-13-23(28-16-21)25(33)30-22-14-24(31(17-22)11-12-32)26(34)29-15-20-9-7-19(8-10-20)4-2-1-3-18-5-6-18/h7-10,18,21-24,28,32H,5-6,11-17H2,(H,29,34)(H,30,33)/t21-,22+,23-,24+/m0/s1. The summed E-state index contributed by atoms with van der Waals surface area (Å²) in [6.45, 7) is 1.29. The molecular formula is C26H31FN4O3. The van der Waals surface area contributed by atoms with Gasteiger partial charge in [0.1, 0.15) is 6.17 Å². The number of hydrogen-bond donors (Lipinski definition) is 4. The van der Waals surface area contributed by atoms with E-state index in [1.807, 2.05) is 29.2 Å². The van der Waals surface area contributed by atoms with E-state index >= 15 is 0 Å². The fourth-order valence-corrected chi connectivity index (χ4v) is 4.33. The van der Waals surface area contributed by atoms with Crippen molar-refractivity contribution in [2.75, 3.05) is 26.2 Å². The molecule has 1 saturated carbocycles. The number of benzene rings is 1. The zero-order valence-corrected chi connectivity index (χ0v) is 19.1. The molecule has 1 aromatic carbocycles. The van der Waals surface area contributed by atoms with Gasteiger partial charge in [-0.15, -0.1) is 0 Å². The molecule has 4 atom stereocenters. The van der Waals surface area contributed by atoms with Crippen LogP contribution in [0.1, 0.15) is 36.8 Å². The number of likely N-dealkylation sites (tertiary alicyclic amines) is 1. The van der Waals surface area contributed by atoms with Crippen molar-refractivity contribution in [2.45, 2.75) is 56.5 Å². The molecule has 4 N–H and O–H groups in total. The van der Waals surface area contributed by atoms with Gasteiger partial charge in [-0.2, -0.15) is 0 Å². The Labute approximate surface area is 199 Å². The third-order valence-electron chi connectivity index (χ3n) is 6.38. The molecule has 3 aliphatic rings. The van der Waals surface area contributed by atoms with E-state index in [-0.39, 0.29) is 37.4 Å². The molecule has 0 spiro atoms. The Morgan fingerprint density at radius 3 is 2.62 bits per heavy atom. The van der Waals surface area contributed by atoms with E-state index in [1.54, 1.807) is 0 Å². The van der Waals surface area contributed by atoms with Crippen LogP contribution in [-0.4, -0.2) is 72.4 Å². The van der Waals surface area contributed by atoms with Gasteiger partial charge in [0.05, 0.1) is 18.7 Å². The second-order valence-corrected chi connectivity index (χ2v) is 9.18. The van der Waals surface area contributed by atoms with Gasteiger partial charge in [0.2, 0.25) is 11.8 Å². The second kappa shape index (κ2) is 11.5. The summed E-state index contributed by atoms with van der Waals surface area (Å²) in [7, 11) is 0. The average Bonchev–Trinajstić information content (AvgIpc) is 3.42.